The molecule has 0 spiro atoms. The number of halogens is 1. The third-order valence-electron chi connectivity index (χ3n) is 2.67. The molecule has 0 bridgehead atoms. The number of benzene rings is 1. The molecule has 0 saturated heterocycles. The lowest BCUT2D eigenvalue weighted by atomic mass is 10.1. The third kappa shape index (κ3) is 2.82. The number of fused-ring (bicyclic) bond motifs is 1. The average Bonchev–Trinajstić information content (AvgIpc) is 2.39. The van der Waals surface area contributed by atoms with Crippen molar-refractivity contribution >= 4 is 34.3 Å². The number of allylic oxidation sites excluding steroid dienone is 1. The summed E-state index contributed by atoms with van der Waals surface area (Å²) in [6.45, 7) is 0. The molecule has 2 rings (SSSR count). The highest BCUT2D eigenvalue weighted by Gasteiger charge is 2.14. The van der Waals surface area contributed by atoms with Crippen LogP contribution >= 0.6 is 11.6 Å². The van der Waals surface area contributed by atoms with Gasteiger partial charge in [0.15, 0.2) is 0 Å². The fourth-order valence-corrected chi connectivity index (χ4v) is 1.87. The van der Waals surface area contributed by atoms with Gasteiger partial charge in [0.05, 0.1) is 16.5 Å². The fraction of sp³-hybridized carbons (Fsp3) is 0.154. The molecule has 98 valence electrons. The third-order valence-corrected chi connectivity index (χ3v) is 2.89. The van der Waals surface area contributed by atoms with Gasteiger partial charge in [-0.2, -0.15) is 0 Å². The second-order valence-corrected chi connectivity index (χ2v) is 4.32. The number of alkyl halides is 1. The molecular formula is C13H11ClN2O3. The lowest BCUT2D eigenvalue weighted by molar-refractivity contribution is -0.386. The van der Waals surface area contributed by atoms with Crippen molar-refractivity contribution in [2.45, 2.75) is 6.42 Å². The molecule has 0 fully saturated rings. The van der Waals surface area contributed by atoms with Crippen molar-refractivity contribution in [2.75, 3.05) is 5.88 Å². The van der Waals surface area contributed by atoms with E-state index in [1.54, 1.807) is 12.1 Å². The number of aromatic amines is 1. The second kappa shape index (κ2) is 5.67. The molecule has 2 aromatic rings. The van der Waals surface area contributed by atoms with Gasteiger partial charge in [-0.1, -0.05) is 18.2 Å². The minimum absolute atomic E-state index is 0.308. The number of nitrogens with one attached hydrogen (secondary N) is 1. The van der Waals surface area contributed by atoms with Crippen LogP contribution in [0.25, 0.3) is 17.0 Å². The number of nitrogens with zero attached hydrogens (tertiary/aromatic N) is 1. The van der Waals surface area contributed by atoms with Crippen molar-refractivity contribution in [3.63, 3.8) is 0 Å². The molecule has 19 heavy (non-hydrogen) atoms. The van der Waals surface area contributed by atoms with E-state index in [1.807, 2.05) is 18.2 Å². The van der Waals surface area contributed by atoms with Gasteiger partial charge in [-0.3, -0.25) is 14.9 Å². The Morgan fingerprint density at radius 3 is 2.89 bits per heavy atom. The second-order valence-electron chi connectivity index (χ2n) is 3.95. The lowest BCUT2D eigenvalue weighted by Crippen LogP contribution is -2.09. The normalized spacial score (nSPS) is 11.2. The van der Waals surface area contributed by atoms with Crippen LogP contribution in [0.1, 0.15) is 12.0 Å². The number of hydrogen-bond donors (Lipinski definition) is 1. The Hall–Kier alpha value is -2.14. The Bertz CT molecular complexity index is 707. The minimum atomic E-state index is -0.686. The van der Waals surface area contributed by atoms with E-state index < -0.39 is 16.0 Å². The van der Waals surface area contributed by atoms with Crippen LogP contribution in [-0.2, 0) is 0 Å². The summed E-state index contributed by atoms with van der Waals surface area (Å²) in [6.07, 6.45) is 5.57. The molecular weight excluding hydrogens is 268 g/mol. The summed E-state index contributed by atoms with van der Waals surface area (Å²) >= 11 is 5.56. The predicted octanol–water partition coefficient (Wildman–Crippen LogP) is 3.08. The molecule has 5 nitrogen and oxygen atoms in total. The van der Waals surface area contributed by atoms with Crippen LogP contribution in [-0.4, -0.2) is 15.8 Å². The van der Waals surface area contributed by atoms with E-state index in [1.165, 1.54) is 0 Å². The van der Waals surface area contributed by atoms with Crippen molar-refractivity contribution in [2.24, 2.45) is 0 Å². The van der Waals surface area contributed by atoms with Crippen LogP contribution in [0.3, 0.4) is 0 Å². The zero-order valence-corrected chi connectivity index (χ0v) is 10.7. The molecule has 0 unspecified atom stereocenters. The summed E-state index contributed by atoms with van der Waals surface area (Å²) in [5.41, 5.74) is 0.356. The maximum Gasteiger partial charge on any atom is 0.332 e. The van der Waals surface area contributed by atoms with Crippen LogP contribution in [0.2, 0.25) is 0 Å². The standard InChI is InChI=1S/C13H11ClN2O3/c14-6-2-1-3-9-4-5-11-10(7-9)13(17)12(8-15-11)16(18)19/h1,3-5,7-8H,2,6H2,(H,15,17). The Balaban J connectivity index is 2.54. The first-order valence-corrected chi connectivity index (χ1v) is 6.19. The van der Waals surface area contributed by atoms with E-state index in [4.69, 9.17) is 11.6 Å². The van der Waals surface area contributed by atoms with Gasteiger partial charge >= 0.3 is 5.69 Å². The Labute approximate surface area is 113 Å². The average molecular weight is 279 g/mol. The van der Waals surface area contributed by atoms with Gasteiger partial charge in [-0.05, 0) is 24.1 Å². The van der Waals surface area contributed by atoms with Crippen molar-refractivity contribution in [1.29, 1.82) is 0 Å². The molecule has 1 heterocycles. The van der Waals surface area contributed by atoms with Crippen molar-refractivity contribution in [3.05, 3.63) is 56.4 Å². The fourth-order valence-electron chi connectivity index (χ4n) is 1.75. The van der Waals surface area contributed by atoms with E-state index in [0.717, 1.165) is 18.2 Å². The highest BCUT2D eigenvalue weighted by molar-refractivity contribution is 6.17. The summed E-state index contributed by atoms with van der Waals surface area (Å²) in [7, 11) is 0. The van der Waals surface area contributed by atoms with E-state index in [9.17, 15) is 14.9 Å². The first-order chi connectivity index (χ1) is 9.13. The van der Waals surface area contributed by atoms with Crippen LogP contribution < -0.4 is 5.43 Å². The molecule has 0 aliphatic carbocycles. The number of hydrogen-bond acceptors (Lipinski definition) is 3. The molecule has 0 amide bonds. The van der Waals surface area contributed by atoms with Crippen molar-refractivity contribution in [1.82, 2.24) is 4.98 Å². The van der Waals surface area contributed by atoms with Gasteiger partial charge in [0, 0.05) is 11.4 Å². The monoisotopic (exact) mass is 278 g/mol. The zero-order chi connectivity index (χ0) is 13.8. The molecule has 0 atom stereocenters. The van der Waals surface area contributed by atoms with Crippen LogP contribution in [0.5, 0.6) is 0 Å². The molecule has 1 aromatic carbocycles. The smallest absolute Gasteiger partial charge is 0.332 e. The van der Waals surface area contributed by atoms with E-state index in [0.29, 0.717) is 16.8 Å². The topological polar surface area (TPSA) is 76.0 Å². The van der Waals surface area contributed by atoms with Crippen LogP contribution in [0, 0.1) is 10.1 Å². The molecule has 1 aromatic heterocycles. The van der Waals surface area contributed by atoms with Crippen LogP contribution in [0.15, 0.2) is 35.3 Å². The van der Waals surface area contributed by atoms with Gasteiger partial charge in [0.1, 0.15) is 0 Å². The number of pyridine rings is 1. The number of nitro groups is 1. The van der Waals surface area contributed by atoms with E-state index >= 15 is 0 Å². The summed E-state index contributed by atoms with van der Waals surface area (Å²) in [4.78, 5) is 24.7. The summed E-state index contributed by atoms with van der Waals surface area (Å²) in [6, 6.07) is 5.18. The van der Waals surface area contributed by atoms with E-state index in [-0.39, 0.29) is 0 Å². The Kier molecular flexibility index (Phi) is 3.97. The summed E-state index contributed by atoms with van der Waals surface area (Å²) in [5.74, 6) is 0.524. The van der Waals surface area contributed by atoms with Crippen molar-refractivity contribution in [3.8, 4) is 0 Å². The van der Waals surface area contributed by atoms with Gasteiger partial charge < -0.3 is 4.98 Å². The highest BCUT2D eigenvalue weighted by atomic mass is 35.5. The van der Waals surface area contributed by atoms with Crippen LogP contribution in [0.4, 0.5) is 5.69 Å². The number of aromatic nitrogens is 1. The Morgan fingerprint density at radius 2 is 2.21 bits per heavy atom. The molecule has 0 saturated carbocycles. The molecule has 1 N–H and O–H groups in total. The predicted molar refractivity (Wildman–Crippen MR) is 75.6 cm³/mol. The number of H-pyrrole nitrogens is 1. The van der Waals surface area contributed by atoms with Gasteiger partial charge in [0.2, 0.25) is 0 Å². The van der Waals surface area contributed by atoms with E-state index in [2.05, 4.69) is 4.98 Å². The molecule has 0 radical (unpaired) electrons. The maximum absolute atomic E-state index is 11.9. The zero-order valence-electron chi connectivity index (χ0n) is 9.93. The first-order valence-electron chi connectivity index (χ1n) is 5.66. The number of rotatable bonds is 4. The quantitative estimate of drug-likeness (QED) is 0.530. The Morgan fingerprint density at radius 1 is 1.42 bits per heavy atom. The van der Waals surface area contributed by atoms with Crippen molar-refractivity contribution < 1.29 is 4.92 Å². The largest absolute Gasteiger partial charge is 0.355 e. The molecule has 0 aliphatic rings. The summed E-state index contributed by atoms with van der Waals surface area (Å²) in [5, 5.41) is 11.0. The summed E-state index contributed by atoms with van der Waals surface area (Å²) < 4.78 is 0. The first kappa shape index (κ1) is 13.3. The van der Waals surface area contributed by atoms with Gasteiger partial charge in [-0.25, -0.2) is 0 Å². The molecule has 0 aliphatic heterocycles. The van der Waals surface area contributed by atoms with Gasteiger partial charge in [0.25, 0.3) is 5.43 Å². The molecule has 6 heteroatoms. The lowest BCUT2D eigenvalue weighted by Gasteiger charge is -1.99. The van der Waals surface area contributed by atoms with Gasteiger partial charge in [-0.15, -0.1) is 11.6 Å². The highest BCUT2D eigenvalue weighted by Crippen LogP contribution is 2.15. The maximum atomic E-state index is 11.9. The minimum Gasteiger partial charge on any atom is -0.355 e. The SMILES string of the molecule is O=c1c([N+](=O)[O-])c[nH]c2ccc(C=CCCCl)cc12.